The predicted molar refractivity (Wildman–Crippen MR) is 75.0 cm³/mol. The van der Waals surface area contributed by atoms with Crippen LogP contribution < -0.4 is 10.2 Å². The van der Waals surface area contributed by atoms with E-state index in [1.165, 1.54) is 37.8 Å². The second-order valence-corrected chi connectivity index (χ2v) is 5.85. The second kappa shape index (κ2) is 4.88. The summed E-state index contributed by atoms with van der Waals surface area (Å²) in [5.74, 6) is 0. The van der Waals surface area contributed by atoms with Gasteiger partial charge in [-0.05, 0) is 31.9 Å². The highest BCUT2D eigenvalue weighted by Crippen LogP contribution is 2.32. The molecule has 98 valence electrons. The minimum atomic E-state index is 0.376. The highest BCUT2D eigenvalue weighted by atomic mass is 15.2. The number of piperazine rings is 1. The Morgan fingerprint density at radius 2 is 2.06 bits per heavy atom. The lowest BCUT2D eigenvalue weighted by Crippen LogP contribution is -2.61. The summed E-state index contributed by atoms with van der Waals surface area (Å²) in [5.41, 5.74) is 2.76. The molecule has 1 aliphatic heterocycles. The fourth-order valence-electron chi connectivity index (χ4n) is 3.39. The summed E-state index contributed by atoms with van der Waals surface area (Å²) < 4.78 is 0. The van der Waals surface area contributed by atoms with Crippen LogP contribution >= 0.6 is 0 Å². The van der Waals surface area contributed by atoms with E-state index in [1.807, 2.05) is 13.1 Å². The molecule has 0 aromatic carbocycles. The van der Waals surface area contributed by atoms with Crippen LogP contribution in [0.1, 0.15) is 37.8 Å². The fraction of sp³-hybridized carbons (Fsp3) is 0.667. The molecule has 18 heavy (non-hydrogen) atoms. The maximum atomic E-state index is 4.43. The Morgan fingerprint density at radius 3 is 2.78 bits per heavy atom. The van der Waals surface area contributed by atoms with Crippen molar-refractivity contribution in [3.05, 3.63) is 24.0 Å². The molecule has 0 bridgehead atoms. The Balaban J connectivity index is 1.75. The number of pyridine rings is 1. The van der Waals surface area contributed by atoms with Crippen LogP contribution in [0.4, 0.5) is 5.69 Å². The summed E-state index contributed by atoms with van der Waals surface area (Å²) >= 11 is 0. The number of rotatable bonds is 1. The molecule has 1 spiro atoms. The van der Waals surface area contributed by atoms with E-state index in [0.29, 0.717) is 5.54 Å². The van der Waals surface area contributed by atoms with Crippen molar-refractivity contribution in [2.24, 2.45) is 0 Å². The zero-order valence-corrected chi connectivity index (χ0v) is 11.3. The van der Waals surface area contributed by atoms with Crippen molar-refractivity contribution in [1.29, 1.82) is 0 Å². The summed E-state index contributed by atoms with van der Waals surface area (Å²) in [5, 5.41) is 3.78. The van der Waals surface area contributed by atoms with E-state index in [4.69, 9.17) is 0 Å². The van der Waals surface area contributed by atoms with Crippen LogP contribution in [0.3, 0.4) is 0 Å². The molecule has 1 aromatic heterocycles. The first-order valence-electron chi connectivity index (χ1n) is 7.20. The number of hydrogen-bond donors (Lipinski definition) is 1. The number of nitrogens with one attached hydrogen (secondary N) is 1. The molecule has 1 saturated carbocycles. The van der Waals surface area contributed by atoms with Gasteiger partial charge in [0.2, 0.25) is 0 Å². The van der Waals surface area contributed by atoms with Gasteiger partial charge in [0.1, 0.15) is 0 Å². The quantitative estimate of drug-likeness (QED) is 0.824. The lowest BCUT2D eigenvalue weighted by molar-refractivity contribution is 0.216. The van der Waals surface area contributed by atoms with Gasteiger partial charge in [0.05, 0.1) is 11.9 Å². The summed E-state index contributed by atoms with van der Waals surface area (Å²) in [4.78, 5) is 6.93. The van der Waals surface area contributed by atoms with Gasteiger partial charge in [0, 0.05) is 30.9 Å². The Labute approximate surface area is 110 Å². The van der Waals surface area contributed by atoms with Gasteiger partial charge in [-0.25, -0.2) is 0 Å². The van der Waals surface area contributed by atoms with Crippen LogP contribution in [0, 0.1) is 6.92 Å². The van der Waals surface area contributed by atoms with E-state index < -0.39 is 0 Å². The number of aromatic nitrogens is 1. The lowest BCUT2D eigenvalue weighted by Gasteiger charge is -2.46. The molecule has 1 saturated heterocycles. The Bertz CT molecular complexity index is 387. The number of aryl methyl sites for hydroxylation is 1. The first-order valence-corrected chi connectivity index (χ1v) is 7.20. The summed E-state index contributed by atoms with van der Waals surface area (Å²) in [6, 6.07) is 4.33. The maximum absolute atomic E-state index is 4.43. The van der Waals surface area contributed by atoms with Gasteiger partial charge < -0.3 is 10.2 Å². The van der Waals surface area contributed by atoms with Crippen molar-refractivity contribution in [3.63, 3.8) is 0 Å². The minimum Gasteiger partial charge on any atom is -0.367 e. The monoisotopic (exact) mass is 245 g/mol. The molecule has 0 amide bonds. The van der Waals surface area contributed by atoms with Gasteiger partial charge in [-0.2, -0.15) is 0 Å². The molecular weight excluding hydrogens is 222 g/mol. The largest absolute Gasteiger partial charge is 0.367 e. The Kier molecular flexibility index (Phi) is 3.25. The van der Waals surface area contributed by atoms with E-state index in [1.54, 1.807) is 0 Å². The molecule has 2 aliphatic rings. The van der Waals surface area contributed by atoms with Crippen LogP contribution in [0.2, 0.25) is 0 Å². The van der Waals surface area contributed by atoms with Gasteiger partial charge in [0.25, 0.3) is 0 Å². The molecule has 0 radical (unpaired) electrons. The van der Waals surface area contributed by atoms with E-state index in [0.717, 1.165) is 25.3 Å². The van der Waals surface area contributed by atoms with Gasteiger partial charge in [-0.3, -0.25) is 4.98 Å². The second-order valence-electron chi connectivity index (χ2n) is 5.85. The predicted octanol–water partition coefficient (Wildman–Crippen LogP) is 2.50. The van der Waals surface area contributed by atoms with Crippen LogP contribution in [-0.4, -0.2) is 30.2 Å². The molecule has 1 aromatic rings. The van der Waals surface area contributed by atoms with Crippen LogP contribution in [0.5, 0.6) is 0 Å². The maximum Gasteiger partial charge on any atom is 0.0554 e. The summed E-state index contributed by atoms with van der Waals surface area (Å²) in [6.45, 7) is 5.41. The third-order valence-corrected chi connectivity index (χ3v) is 4.45. The number of nitrogens with zero attached hydrogens (tertiary/aromatic N) is 2. The van der Waals surface area contributed by atoms with Gasteiger partial charge >= 0.3 is 0 Å². The molecular formula is C15H23N3. The molecule has 2 heterocycles. The standard InChI is InChI=1S/C15H23N3/c1-13-5-6-14(11-16-13)18-10-9-17-15(12-18)7-3-2-4-8-15/h5-6,11,17H,2-4,7-10,12H2,1H3. The summed E-state index contributed by atoms with van der Waals surface area (Å²) in [7, 11) is 0. The molecule has 0 atom stereocenters. The summed E-state index contributed by atoms with van der Waals surface area (Å²) in [6.07, 6.45) is 8.87. The van der Waals surface area contributed by atoms with E-state index in [2.05, 4.69) is 27.3 Å². The minimum absolute atomic E-state index is 0.376. The van der Waals surface area contributed by atoms with E-state index in [-0.39, 0.29) is 0 Å². The van der Waals surface area contributed by atoms with Crippen molar-refractivity contribution in [3.8, 4) is 0 Å². The Hall–Kier alpha value is -1.09. The third-order valence-electron chi connectivity index (χ3n) is 4.45. The average molecular weight is 245 g/mol. The molecule has 2 fully saturated rings. The van der Waals surface area contributed by atoms with Crippen molar-refractivity contribution < 1.29 is 0 Å². The molecule has 1 aliphatic carbocycles. The highest BCUT2D eigenvalue weighted by Gasteiger charge is 2.36. The van der Waals surface area contributed by atoms with Crippen molar-refractivity contribution in [2.45, 2.75) is 44.6 Å². The molecule has 3 rings (SSSR count). The molecule has 0 unspecified atom stereocenters. The zero-order valence-electron chi connectivity index (χ0n) is 11.3. The third kappa shape index (κ3) is 2.37. The number of hydrogen-bond acceptors (Lipinski definition) is 3. The van der Waals surface area contributed by atoms with Gasteiger partial charge in [-0.15, -0.1) is 0 Å². The van der Waals surface area contributed by atoms with Crippen LogP contribution in [-0.2, 0) is 0 Å². The highest BCUT2D eigenvalue weighted by molar-refractivity contribution is 5.45. The van der Waals surface area contributed by atoms with Gasteiger partial charge in [0.15, 0.2) is 0 Å². The first kappa shape index (κ1) is 12.0. The van der Waals surface area contributed by atoms with Crippen molar-refractivity contribution in [2.75, 3.05) is 24.5 Å². The van der Waals surface area contributed by atoms with Gasteiger partial charge in [-0.1, -0.05) is 19.3 Å². The molecule has 3 heteroatoms. The Morgan fingerprint density at radius 1 is 1.22 bits per heavy atom. The van der Waals surface area contributed by atoms with E-state index >= 15 is 0 Å². The van der Waals surface area contributed by atoms with Crippen molar-refractivity contribution >= 4 is 5.69 Å². The smallest absolute Gasteiger partial charge is 0.0554 e. The van der Waals surface area contributed by atoms with Crippen molar-refractivity contribution in [1.82, 2.24) is 10.3 Å². The topological polar surface area (TPSA) is 28.2 Å². The lowest BCUT2D eigenvalue weighted by atomic mass is 9.80. The van der Waals surface area contributed by atoms with Crippen LogP contribution in [0.25, 0.3) is 0 Å². The first-order chi connectivity index (χ1) is 8.77. The van der Waals surface area contributed by atoms with Crippen LogP contribution in [0.15, 0.2) is 18.3 Å². The van der Waals surface area contributed by atoms with E-state index in [9.17, 15) is 0 Å². The molecule has 1 N–H and O–H groups in total. The molecule has 3 nitrogen and oxygen atoms in total. The SMILES string of the molecule is Cc1ccc(N2CCNC3(CCCCC3)C2)cn1. The number of anilines is 1. The average Bonchev–Trinajstić information content (AvgIpc) is 2.40. The normalized spacial score (nSPS) is 23.3. The fourth-order valence-corrected chi connectivity index (χ4v) is 3.39. The zero-order chi connectivity index (χ0) is 12.4.